The molecule has 1 atom stereocenters. The molecule has 0 spiro atoms. The highest BCUT2D eigenvalue weighted by molar-refractivity contribution is 6.30. The first-order chi connectivity index (χ1) is 20.9. The number of fused-ring (bicyclic) bond motifs is 1. The number of ether oxygens (including phenoxy) is 3. The Morgan fingerprint density at radius 2 is 1.65 bits per heavy atom. The number of hydrogen-bond donors (Lipinski definition) is 0. The Hall–Kier alpha value is -3.65. The average molecular weight is 609 g/mol. The molecule has 0 saturated heterocycles. The Morgan fingerprint density at radius 3 is 2.30 bits per heavy atom. The Bertz CT molecular complexity index is 1580. The van der Waals surface area contributed by atoms with Gasteiger partial charge in [-0.05, 0) is 93.5 Å². The molecule has 0 aliphatic heterocycles. The van der Waals surface area contributed by atoms with Crippen LogP contribution in [-0.4, -0.2) is 34.3 Å². The maximum Gasteiger partial charge on any atom is 0.350 e. The molecule has 1 aromatic heterocycles. The molecule has 0 radical (unpaired) electrons. The van der Waals surface area contributed by atoms with E-state index in [9.17, 15) is 13.6 Å². The molecule has 2 fully saturated rings. The van der Waals surface area contributed by atoms with Crippen LogP contribution in [0.4, 0.5) is 8.78 Å². The molecule has 6 nitrogen and oxygen atoms in total. The van der Waals surface area contributed by atoms with Gasteiger partial charge in [-0.1, -0.05) is 30.9 Å². The highest BCUT2D eigenvalue weighted by Crippen LogP contribution is 2.40. The molecule has 6 rings (SSSR count). The van der Waals surface area contributed by atoms with E-state index in [0.29, 0.717) is 59.4 Å². The van der Waals surface area contributed by atoms with Crippen LogP contribution >= 0.6 is 11.6 Å². The van der Waals surface area contributed by atoms with Gasteiger partial charge in [-0.25, -0.2) is 18.6 Å². The number of halogens is 3. The van der Waals surface area contributed by atoms with Crippen molar-refractivity contribution in [3.05, 3.63) is 77.3 Å². The summed E-state index contributed by atoms with van der Waals surface area (Å²) in [5.41, 5.74) is 0.796. The minimum absolute atomic E-state index is 0.182. The van der Waals surface area contributed by atoms with E-state index in [0.717, 1.165) is 43.7 Å². The van der Waals surface area contributed by atoms with Gasteiger partial charge in [0.1, 0.15) is 23.9 Å². The van der Waals surface area contributed by atoms with Crippen LogP contribution < -0.4 is 9.47 Å². The van der Waals surface area contributed by atoms with Crippen LogP contribution in [0.25, 0.3) is 22.4 Å². The van der Waals surface area contributed by atoms with Gasteiger partial charge < -0.3 is 18.8 Å². The van der Waals surface area contributed by atoms with E-state index in [1.165, 1.54) is 12.5 Å². The SMILES string of the molecule is CCOC(=O)C1(Oc2ccc(OCC(C3CCCCC3)n3c(-c4ccc(Cl)cc4)nc4cc(F)c(F)cc43)cc2)CCC1. The summed E-state index contributed by atoms with van der Waals surface area (Å²) in [5.74, 6) is -0.0761. The third-order valence-corrected chi connectivity index (χ3v) is 8.98. The average Bonchev–Trinajstić information content (AvgIpc) is 3.34. The lowest BCUT2D eigenvalue weighted by molar-refractivity contribution is -0.169. The molecule has 0 bridgehead atoms. The first-order valence-electron chi connectivity index (χ1n) is 15.1. The number of rotatable bonds is 10. The number of hydrogen-bond acceptors (Lipinski definition) is 5. The highest BCUT2D eigenvalue weighted by Gasteiger charge is 2.48. The Labute approximate surface area is 254 Å². The largest absolute Gasteiger partial charge is 0.491 e. The second-order valence-electron chi connectivity index (χ2n) is 11.5. The second kappa shape index (κ2) is 12.5. The Morgan fingerprint density at radius 1 is 0.977 bits per heavy atom. The lowest BCUT2D eigenvalue weighted by Gasteiger charge is -2.39. The number of nitrogens with zero attached hydrogens (tertiary/aromatic N) is 2. The molecule has 2 saturated carbocycles. The monoisotopic (exact) mass is 608 g/mol. The molecule has 1 heterocycles. The molecule has 1 unspecified atom stereocenters. The number of carbonyl (C=O) groups is 1. The summed E-state index contributed by atoms with van der Waals surface area (Å²) in [5, 5.41) is 0.591. The molecule has 2 aliphatic rings. The zero-order valence-corrected chi connectivity index (χ0v) is 24.9. The molecule has 2 aliphatic carbocycles. The number of esters is 1. The zero-order valence-electron chi connectivity index (χ0n) is 24.2. The van der Waals surface area contributed by atoms with Gasteiger partial charge in [-0.3, -0.25) is 0 Å². The Kier molecular flexibility index (Phi) is 8.57. The molecule has 9 heteroatoms. The van der Waals surface area contributed by atoms with Crippen molar-refractivity contribution >= 4 is 28.6 Å². The quantitative estimate of drug-likeness (QED) is 0.169. The number of carbonyl (C=O) groups excluding carboxylic acids is 1. The van der Waals surface area contributed by atoms with E-state index >= 15 is 0 Å². The van der Waals surface area contributed by atoms with Gasteiger partial charge in [-0.15, -0.1) is 0 Å². The third kappa shape index (κ3) is 6.07. The summed E-state index contributed by atoms with van der Waals surface area (Å²) in [7, 11) is 0. The summed E-state index contributed by atoms with van der Waals surface area (Å²) in [6.45, 7) is 2.41. The first-order valence-corrected chi connectivity index (χ1v) is 15.5. The predicted octanol–water partition coefficient (Wildman–Crippen LogP) is 8.70. The molecule has 226 valence electrons. The predicted molar refractivity (Wildman–Crippen MR) is 161 cm³/mol. The van der Waals surface area contributed by atoms with Crippen molar-refractivity contribution < 1.29 is 27.8 Å². The van der Waals surface area contributed by atoms with E-state index in [-0.39, 0.29) is 17.9 Å². The lowest BCUT2D eigenvalue weighted by atomic mass is 9.80. The topological polar surface area (TPSA) is 62.6 Å². The maximum atomic E-state index is 14.6. The number of aromatic nitrogens is 2. The number of imidazole rings is 1. The molecule has 3 aromatic carbocycles. The summed E-state index contributed by atoms with van der Waals surface area (Å²) in [6.07, 6.45) is 7.55. The summed E-state index contributed by atoms with van der Waals surface area (Å²) in [4.78, 5) is 17.3. The van der Waals surface area contributed by atoms with Gasteiger partial charge >= 0.3 is 5.97 Å². The molecule has 0 amide bonds. The Balaban J connectivity index is 1.30. The van der Waals surface area contributed by atoms with Crippen molar-refractivity contribution in [2.45, 2.75) is 69.9 Å². The van der Waals surface area contributed by atoms with Crippen LogP contribution in [0.15, 0.2) is 60.7 Å². The van der Waals surface area contributed by atoms with Crippen LogP contribution in [-0.2, 0) is 9.53 Å². The number of benzene rings is 3. The summed E-state index contributed by atoms with van der Waals surface area (Å²) < 4.78 is 48.7. The van der Waals surface area contributed by atoms with Gasteiger partial charge in [0.05, 0.1) is 23.7 Å². The van der Waals surface area contributed by atoms with E-state index in [1.54, 1.807) is 31.2 Å². The summed E-state index contributed by atoms with van der Waals surface area (Å²) >= 11 is 6.17. The molecular weight excluding hydrogens is 574 g/mol. The van der Waals surface area contributed by atoms with Gasteiger partial charge in [0.15, 0.2) is 11.6 Å². The maximum absolute atomic E-state index is 14.6. The van der Waals surface area contributed by atoms with Gasteiger partial charge in [0.25, 0.3) is 0 Å². The smallest absolute Gasteiger partial charge is 0.350 e. The highest BCUT2D eigenvalue weighted by atomic mass is 35.5. The van der Waals surface area contributed by atoms with Gasteiger partial charge in [0.2, 0.25) is 5.60 Å². The van der Waals surface area contributed by atoms with Crippen molar-refractivity contribution in [3.63, 3.8) is 0 Å². The fourth-order valence-electron chi connectivity index (χ4n) is 6.29. The van der Waals surface area contributed by atoms with Crippen LogP contribution in [0, 0.1) is 17.6 Å². The van der Waals surface area contributed by atoms with Crippen LogP contribution in [0.3, 0.4) is 0 Å². The van der Waals surface area contributed by atoms with Crippen molar-refractivity contribution in [2.24, 2.45) is 5.92 Å². The van der Waals surface area contributed by atoms with Crippen LogP contribution in [0.5, 0.6) is 11.5 Å². The fourth-order valence-corrected chi connectivity index (χ4v) is 6.41. The van der Waals surface area contributed by atoms with Gasteiger partial charge in [-0.2, -0.15) is 0 Å². The van der Waals surface area contributed by atoms with Crippen molar-refractivity contribution in [2.75, 3.05) is 13.2 Å². The fraction of sp³-hybridized carbons (Fsp3) is 0.412. The minimum atomic E-state index is -0.931. The van der Waals surface area contributed by atoms with Crippen molar-refractivity contribution in [3.8, 4) is 22.9 Å². The lowest BCUT2D eigenvalue weighted by Crippen LogP contribution is -2.51. The van der Waals surface area contributed by atoms with Crippen LogP contribution in [0.1, 0.15) is 64.3 Å². The molecule has 0 N–H and O–H groups in total. The van der Waals surface area contributed by atoms with E-state index in [4.69, 9.17) is 30.8 Å². The minimum Gasteiger partial charge on any atom is -0.491 e. The summed E-state index contributed by atoms with van der Waals surface area (Å²) in [6, 6.07) is 16.8. The first kappa shape index (κ1) is 29.4. The molecular formula is C34H35ClF2N2O4. The van der Waals surface area contributed by atoms with E-state index in [2.05, 4.69) is 0 Å². The van der Waals surface area contributed by atoms with E-state index in [1.807, 2.05) is 28.8 Å². The third-order valence-electron chi connectivity index (χ3n) is 8.73. The van der Waals surface area contributed by atoms with Crippen LogP contribution in [0.2, 0.25) is 5.02 Å². The zero-order chi connectivity index (χ0) is 30.0. The van der Waals surface area contributed by atoms with E-state index < -0.39 is 17.2 Å². The van der Waals surface area contributed by atoms with Crippen molar-refractivity contribution in [1.82, 2.24) is 9.55 Å². The van der Waals surface area contributed by atoms with Crippen molar-refractivity contribution in [1.29, 1.82) is 0 Å². The second-order valence-corrected chi connectivity index (χ2v) is 11.9. The standard InChI is InChI=1S/C34H35ClF2N2O4/c1-2-41-33(40)34(17-6-18-34)43-26-15-13-25(14-16-26)42-21-31(22-7-4-3-5-8-22)39-30-20-28(37)27(36)19-29(30)38-32(39)23-9-11-24(35)12-10-23/h9-16,19-20,22,31H,2-8,17-18,21H2,1H3. The van der Waals surface area contributed by atoms with Gasteiger partial charge in [0, 0.05) is 22.7 Å². The molecule has 43 heavy (non-hydrogen) atoms. The molecule has 4 aromatic rings. The normalized spacial score (nSPS) is 17.3.